The molecular formula is C27H23NO6S. The molecule has 2 amide bonds. The van der Waals surface area contributed by atoms with Gasteiger partial charge in [-0.3, -0.25) is 14.5 Å². The van der Waals surface area contributed by atoms with E-state index in [9.17, 15) is 14.4 Å². The lowest BCUT2D eigenvalue weighted by atomic mass is 10.1. The predicted molar refractivity (Wildman–Crippen MR) is 133 cm³/mol. The fraction of sp³-hybridized carbons (Fsp3) is 0.148. The summed E-state index contributed by atoms with van der Waals surface area (Å²) < 4.78 is 16.1. The number of esters is 1. The monoisotopic (exact) mass is 489 g/mol. The molecule has 0 N–H and O–H groups in total. The van der Waals surface area contributed by atoms with E-state index in [-0.39, 0.29) is 24.3 Å². The molecule has 3 aromatic rings. The van der Waals surface area contributed by atoms with Gasteiger partial charge in [0, 0.05) is 0 Å². The summed E-state index contributed by atoms with van der Waals surface area (Å²) in [5.41, 5.74) is 2.93. The van der Waals surface area contributed by atoms with E-state index >= 15 is 0 Å². The topological polar surface area (TPSA) is 82.1 Å². The van der Waals surface area contributed by atoms with Crippen molar-refractivity contribution in [2.45, 2.75) is 13.2 Å². The number of thioether (sulfide) groups is 1. The molecule has 0 aliphatic carbocycles. The molecule has 0 saturated carbocycles. The lowest BCUT2D eigenvalue weighted by Crippen LogP contribution is -2.27. The number of carbonyl (C=O) groups excluding carboxylic acids is 3. The Morgan fingerprint density at radius 3 is 2.34 bits per heavy atom. The second-order valence-corrected chi connectivity index (χ2v) is 8.63. The van der Waals surface area contributed by atoms with Gasteiger partial charge in [-0.25, -0.2) is 4.79 Å². The molecule has 1 fully saturated rings. The van der Waals surface area contributed by atoms with Crippen molar-refractivity contribution in [1.82, 2.24) is 4.90 Å². The molecular weight excluding hydrogens is 466 g/mol. The first-order valence-corrected chi connectivity index (χ1v) is 11.6. The van der Waals surface area contributed by atoms with E-state index in [1.54, 1.807) is 48.5 Å². The third kappa shape index (κ3) is 5.73. The Bertz CT molecular complexity index is 1270. The lowest BCUT2D eigenvalue weighted by Gasteiger charge is -2.12. The standard InChI is InChI=1S/C27H23NO6S/c1-32-23-14-20(10-13-22(23)34-17-19-8-11-21(12-9-19)26(30)33-2)15-24-25(29)28(27(31)35-24)16-18-6-4-3-5-7-18/h3-15H,16-17H2,1-2H3/b24-15-. The Hall–Kier alpha value is -4.04. The Balaban J connectivity index is 1.44. The van der Waals surface area contributed by atoms with Crippen LogP contribution in [0.3, 0.4) is 0 Å². The molecule has 178 valence electrons. The number of amides is 2. The summed E-state index contributed by atoms with van der Waals surface area (Å²) in [6.07, 6.45) is 1.67. The molecule has 0 atom stereocenters. The van der Waals surface area contributed by atoms with Gasteiger partial charge in [0.25, 0.3) is 11.1 Å². The van der Waals surface area contributed by atoms with E-state index in [1.165, 1.54) is 19.1 Å². The van der Waals surface area contributed by atoms with Gasteiger partial charge in [-0.1, -0.05) is 48.5 Å². The van der Waals surface area contributed by atoms with E-state index in [4.69, 9.17) is 14.2 Å². The van der Waals surface area contributed by atoms with Gasteiger partial charge in [0.15, 0.2) is 11.5 Å². The first kappa shape index (κ1) is 24.1. The maximum absolute atomic E-state index is 12.8. The van der Waals surface area contributed by atoms with Crippen LogP contribution >= 0.6 is 11.8 Å². The zero-order valence-electron chi connectivity index (χ0n) is 19.2. The van der Waals surface area contributed by atoms with Crippen LogP contribution in [0, 0.1) is 0 Å². The number of ether oxygens (including phenoxy) is 3. The average molecular weight is 490 g/mol. The highest BCUT2D eigenvalue weighted by atomic mass is 32.2. The Morgan fingerprint density at radius 2 is 1.66 bits per heavy atom. The number of hydrogen-bond acceptors (Lipinski definition) is 7. The highest BCUT2D eigenvalue weighted by Gasteiger charge is 2.35. The van der Waals surface area contributed by atoms with Crippen LogP contribution < -0.4 is 9.47 Å². The van der Waals surface area contributed by atoms with Gasteiger partial charge < -0.3 is 14.2 Å². The van der Waals surface area contributed by atoms with E-state index < -0.39 is 5.97 Å². The molecule has 0 bridgehead atoms. The van der Waals surface area contributed by atoms with E-state index in [0.29, 0.717) is 27.5 Å². The van der Waals surface area contributed by atoms with Crippen molar-refractivity contribution in [2.75, 3.05) is 14.2 Å². The summed E-state index contributed by atoms with van der Waals surface area (Å²) in [4.78, 5) is 38.4. The van der Waals surface area contributed by atoms with Crippen LogP contribution in [0.2, 0.25) is 0 Å². The minimum atomic E-state index is -0.396. The van der Waals surface area contributed by atoms with Gasteiger partial charge in [0.05, 0.1) is 31.2 Å². The smallest absolute Gasteiger partial charge is 0.337 e. The largest absolute Gasteiger partial charge is 0.493 e. The molecule has 35 heavy (non-hydrogen) atoms. The van der Waals surface area contributed by atoms with Crippen LogP contribution in [0.25, 0.3) is 6.08 Å². The maximum atomic E-state index is 12.8. The second-order valence-electron chi connectivity index (χ2n) is 7.64. The van der Waals surface area contributed by atoms with Crippen molar-refractivity contribution in [3.8, 4) is 11.5 Å². The van der Waals surface area contributed by atoms with E-state index in [0.717, 1.165) is 22.9 Å². The molecule has 3 aromatic carbocycles. The quantitative estimate of drug-likeness (QED) is 0.314. The average Bonchev–Trinajstić information content (AvgIpc) is 3.15. The van der Waals surface area contributed by atoms with Crippen LogP contribution in [0.15, 0.2) is 77.7 Å². The lowest BCUT2D eigenvalue weighted by molar-refractivity contribution is -0.123. The minimum Gasteiger partial charge on any atom is -0.493 e. The molecule has 4 rings (SSSR count). The highest BCUT2D eigenvalue weighted by Crippen LogP contribution is 2.35. The summed E-state index contributed by atoms with van der Waals surface area (Å²) in [7, 11) is 2.87. The van der Waals surface area contributed by atoms with Crippen molar-refractivity contribution in [2.24, 2.45) is 0 Å². The number of hydrogen-bond donors (Lipinski definition) is 0. The summed E-state index contributed by atoms with van der Waals surface area (Å²) in [6.45, 7) is 0.509. The van der Waals surface area contributed by atoms with Crippen molar-refractivity contribution in [1.29, 1.82) is 0 Å². The number of methoxy groups -OCH3 is 2. The van der Waals surface area contributed by atoms with Crippen LogP contribution in [-0.4, -0.2) is 36.2 Å². The number of rotatable bonds is 8. The van der Waals surface area contributed by atoms with Gasteiger partial charge >= 0.3 is 5.97 Å². The Labute approximate surface area is 207 Å². The van der Waals surface area contributed by atoms with Gasteiger partial charge in [-0.15, -0.1) is 0 Å². The van der Waals surface area contributed by atoms with Crippen molar-refractivity contribution in [3.05, 3.63) is 100.0 Å². The molecule has 0 aromatic heterocycles. The first-order valence-electron chi connectivity index (χ1n) is 10.8. The predicted octanol–water partition coefficient (Wildman–Crippen LogP) is 5.30. The fourth-order valence-corrected chi connectivity index (χ4v) is 4.30. The van der Waals surface area contributed by atoms with Crippen LogP contribution in [0.5, 0.6) is 11.5 Å². The molecule has 0 radical (unpaired) electrons. The summed E-state index contributed by atoms with van der Waals surface area (Å²) >= 11 is 0.919. The maximum Gasteiger partial charge on any atom is 0.337 e. The molecule has 1 aliphatic rings. The van der Waals surface area contributed by atoms with Crippen molar-refractivity contribution < 1.29 is 28.6 Å². The molecule has 8 heteroatoms. The van der Waals surface area contributed by atoms with Crippen LogP contribution in [0.4, 0.5) is 4.79 Å². The SMILES string of the molecule is COC(=O)c1ccc(COc2ccc(/C=C3\SC(=O)N(Cc4ccccc4)C3=O)cc2OC)cc1. The molecule has 0 unspecified atom stereocenters. The molecule has 7 nitrogen and oxygen atoms in total. The second kappa shape index (κ2) is 10.9. The zero-order valence-corrected chi connectivity index (χ0v) is 20.0. The number of imide groups is 1. The molecule has 0 spiro atoms. The molecule has 1 aliphatic heterocycles. The van der Waals surface area contributed by atoms with Gasteiger partial charge in [-0.2, -0.15) is 0 Å². The molecule has 1 heterocycles. The van der Waals surface area contributed by atoms with E-state index in [1.807, 2.05) is 30.3 Å². The van der Waals surface area contributed by atoms with Crippen molar-refractivity contribution in [3.63, 3.8) is 0 Å². The summed E-state index contributed by atoms with van der Waals surface area (Å²) in [5, 5.41) is -0.296. The third-order valence-electron chi connectivity index (χ3n) is 5.31. The van der Waals surface area contributed by atoms with Gasteiger partial charge in [-0.05, 0) is 58.8 Å². The Morgan fingerprint density at radius 1 is 0.914 bits per heavy atom. The number of nitrogens with zero attached hydrogens (tertiary/aromatic N) is 1. The zero-order chi connectivity index (χ0) is 24.8. The highest BCUT2D eigenvalue weighted by molar-refractivity contribution is 8.18. The summed E-state index contributed by atoms with van der Waals surface area (Å²) in [6, 6.07) is 21.6. The summed E-state index contributed by atoms with van der Waals surface area (Å²) in [5.74, 6) is 0.304. The molecule has 1 saturated heterocycles. The number of benzene rings is 3. The minimum absolute atomic E-state index is 0.236. The first-order chi connectivity index (χ1) is 17.0. The normalized spacial score (nSPS) is 14.3. The fourth-order valence-electron chi connectivity index (χ4n) is 3.46. The van der Waals surface area contributed by atoms with Gasteiger partial charge in [0.2, 0.25) is 0 Å². The number of carbonyl (C=O) groups is 3. The van der Waals surface area contributed by atoms with Crippen molar-refractivity contribution >= 4 is 35.0 Å². The van der Waals surface area contributed by atoms with Gasteiger partial charge in [0.1, 0.15) is 6.61 Å². The third-order valence-corrected chi connectivity index (χ3v) is 6.22. The Kier molecular flexibility index (Phi) is 7.52. The van der Waals surface area contributed by atoms with E-state index in [2.05, 4.69) is 0 Å². The van der Waals surface area contributed by atoms with Crippen LogP contribution in [0.1, 0.15) is 27.0 Å². The van der Waals surface area contributed by atoms with Crippen LogP contribution in [-0.2, 0) is 22.7 Å².